The minimum Gasteiger partial charge on any atom is -0.356 e. The fourth-order valence-electron chi connectivity index (χ4n) is 2.46. The number of nitrogens with one attached hydrogen (secondary N) is 1. The molecular formula is C14H19ClN2O3S. The second kappa shape index (κ2) is 7.22. The molecule has 0 atom stereocenters. The van der Waals surface area contributed by atoms with Crippen molar-refractivity contribution in [3.63, 3.8) is 0 Å². The maximum absolute atomic E-state index is 12.0. The number of amides is 1. The van der Waals surface area contributed by atoms with Crippen molar-refractivity contribution in [2.75, 3.05) is 12.3 Å². The molecule has 0 radical (unpaired) electrons. The number of pyridine rings is 1. The summed E-state index contributed by atoms with van der Waals surface area (Å²) in [5, 5.41) is 3.24. The molecule has 0 aromatic carbocycles. The van der Waals surface area contributed by atoms with Crippen LogP contribution in [-0.4, -0.2) is 31.6 Å². The zero-order valence-electron chi connectivity index (χ0n) is 11.7. The van der Waals surface area contributed by atoms with E-state index in [4.69, 9.17) is 11.6 Å². The Hall–Kier alpha value is -1.14. The Bertz CT molecular complexity index is 581. The minimum atomic E-state index is -3.42. The smallest absolute Gasteiger partial charge is 0.223 e. The van der Waals surface area contributed by atoms with Gasteiger partial charge in [-0.25, -0.2) is 13.4 Å². The molecule has 1 aliphatic rings. The Labute approximate surface area is 130 Å². The van der Waals surface area contributed by atoms with Crippen LogP contribution >= 0.6 is 11.6 Å². The number of hydrogen-bond donors (Lipinski definition) is 1. The van der Waals surface area contributed by atoms with Crippen molar-refractivity contribution in [1.82, 2.24) is 10.3 Å². The van der Waals surface area contributed by atoms with Gasteiger partial charge in [0.2, 0.25) is 5.91 Å². The molecule has 1 aromatic rings. The van der Waals surface area contributed by atoms with Gasteiger partial charge in [-0.3, -0.25) is 4.79 Å². The van der Waals surface area contributed by atoms with Crippen LogP contribution in [0.2, 0.25) is 5.02 Å². The van der Waals surface area contributed by atoms with Crippen LogP contribution in [0.5, 0.6) is 0 Å². The van der Waals surface area contributed by atoms with Crippen LogP contribution in [0.3, 0.4) is 0 Å². The number of sulfone groups is 1. The number of carbonyl (C=O) groups excluding carboxylic acids is 1. The highest BCUT2D eigenvalue weighted by molar-refractivity contribution is 7.91. The topological polar surface area (TPSA) is 76.1 Å². The summed E-state index contributed by atoms with van der Waals surface area (Å²) in [6, 6.07) is 2.90. The summed E-state index contributed by atoms with van der Waals surface area (Å²) in [7, 11) is -3.42. The lowest BCUT2D eigenvalue weighted by molar-refractivity contribution is -0.124. The third kappa shape index (κ3) is 4.68. The highest BCUT2D eigenvalue weighted by atomic mass is 35.5. The Kier molecular flexibility index (Phi) is 5.58. The highest BCUT2D eigenvalue weighted by Crippen LogP contribution is 2.24. The van der Waals surface area contributed by atoms with Crippen LogP contribution in [0.25, 0.3) is 0 Å². The van der Waals surface area contributed by atoms with Crippen molar-refractivity contribution in [1.29, 1.82) is 0 Å². The fourth-order valence-corrected chi connectivity index (χ4v) is 3.79. The largest absolute Gasteiger partial charge is 0.356 e. The fraction of sp³-hybridized carbons (Fsp3) is 0.571. The van der Waals surface area contributed by atoms with Crippen LogP contribution in [0.1, 0.15) is 32.1 Å². The average Bonchev–Trinajstić information content (AvgIpc) is 2.98. The second-order valence-electron chi connectivity index (χ2n) is 5.26. The van der Waals surface area contributed by atoms with E-state index in [2.05, 4.69) is 10.3 Å². The van der Waals surface area contributed by atoms with E-state index in [-0.39, 0.29) is 22.6 Å². The normalized spacial score (nSPS) is 16.0. The summed E-state index contributed by atoms with van der Waals surface area (Å²) in [5.41, 5.74) is 0. The lowest BCUT2D eigenvalue weighted by Crippen LogP contribution is -2.31. The van der Waals surface area contributed by atoms with Gasteiger partial charge in [-0.15, -0.1) is 0 Å². The second-order valence-corrected chi connectivity index (χ2v) is 7.75. The van der Waals surface area contributed by atoms with Gasteiger partial charge in [0.25, 0.3) is 0 Å². The molecule has 1 saturated carbocycles. The molecule has 1 fully saturated rings. The molecule has 5 nitrogen and oxygen atoms in total. The molecule has 1 aromatic heterocycles. The van der Waals surface area contributed by atoms with Crippen LogP contribution < -0.4 is 5.32 Å². The summed E-state index contributed by atoms with van der Waals surface area (Å²) in [6.07, 6.45) is 5.79. The first-order valence-electron chi connectivity index (χ1n) is 7.11. The predicted octanol–water partition coefficient (Wildman–Crippen LogP) is 2.21. The van der Waals surface area contributed by atoms with Gasteiger partial charge < -0.3 is 5.32 Å². The molecule has 0 saturated heterocycles. The van der Waals surface area contributed by atoms with Crippen LogP contribution in [0, 0.1) is 5.92 Å². The van der Waals surface area contributed by atoms with Gasteiger partial charge in [0.15, 0.2) is 14.9 Å². The Morgan fingerprint density at radius 2 is 2.05 bits per heavy atom. The maximum Gasteiger partial charge on any atom is 0.223 e. The van der Waals surface area contributed by atoms with Crippen molar-refractivity contribution in [2.24, 2.45) is 5.92 Å². The summed E-state index contributed by atoms with van der Waals surface area (Å²) >= 11 is 5.68. The first-order valence-corrected chi connectivity index (χ1v) is 9.14. The molecule has 0 bridgehead atoms. The van der Waals surface area contributed by atoms with E-state index in [1.54, 1.807) is 0 Å². The number of carbonyl (C=O) groups is 1. The molecule has 21 heavy (non-hydrogen) atoms. The van der Waals surface area contributed by atoms with Crippen LogP contribution in [0.15, 0.2) is 23.4 Å². The van der Waals surface area contributed by atoms with Gasteiger partial charge in [0, 0.05) is 18.7 Å². The monoisotopic (exact) mass is 330 g/mol. The molecule has 0 aliphatic heterocycles. The number of rotatable bonds is 6. The van der Waals surface area contributed by atoms with E-state index in [9.17, 15) is 13.2 Å². The van der Waals surface area contributed by atoms with E-state index in [0.29, 0.717) is 18.0 Å². The zero-order chi connectivity index (χ0) is 15.3. The average molecular weight is 331 g/mol. The van der Waals surface area contributed by atoms with Gasteiger partial charge in [-0.05, 0) is 31.4 Å². The molecular weight excluding hydrogens is 312 g/mol. The summed E-state index contributed by atoms with van der Waals surface area (Å²) in [5.74, 6) is 0.126. The predicted molar refractivity (Wildman–Crippen MR) is 80.9 cm³/mol. The number of halogens is 1. The SMILES string of the molecule is O=C(NCCCS(=O)(=O)c1ccc(Cl)cn1)C1CCCC1. The van der Waals surface area contributed by atoms with Gasteiger partial charge in [-0.1, -0.05) is 24.4 Å². The van der Waals surface area contributed by atoms with E-state index in [0.717, 1.165) is 25.7 Å². The first-order chi connectivity index (χ1) is 9.99. The summed E-state index contributed by atoms with van der Waals surface area (Å²) < 4.78 is 24.1. The molecule has 2 rings (SSSR count). The standard InChI is InChI=1S/C14H19ClN2O3S/c15-12-6-7-13(17-10-12)21(19,20)9-3-8-16-14(18)11-4-1-2-5-11/h6-7,10-11H,1-5,8-9H2,(H,16,18). The van der Waals surface area contributed by atoms with E-state index in [1.807, 2.05) is 0 Å². The van der Waals surface area contributed by atoms with E-state index < -0.39 is 9.84 Å². The van der Waals surface area contributed by atoms with Gasteiger partial charge >= 0.3 is 0 Å². The molecule has 1 amide bonds. The lowest BCUT2D eigenvalue weighted by atomic mass is 10.1. The van der Waals surface area contributed by atoms with Crippen LogP contribution in [0.4, 0.5) is 0 Å². The molecule has 1 aliphatic carbocycles. The quantitative estimate of drug-likeness (QED) is 0.811. The zero-order valence-corrected chi connectivity index (χ0v) is 13.3. The Morgan fingerprint density at radius 3 is 2.67 bits per heavy atom. The first kappa shape index (κ1) is 16.2. The van der Waals surface area contributed by atoms with Crippen molar-refractivity contribution in [2.45, 2.75) is 37.1 Å². The highest BCUT2D eigenvalue weighted by Gasteiger charge is 2.22. The van der Waals surface area contributed by atoms with Crippen molar-refractivity contribution >= 4 is 27.3 Å². The Balaban J connectivity index is 1.77. The molecule has 1 N–H and O–H groups in total. The third-order valence-corrected chi connectivity index (χ3v) is 5.56. The van der Waals surface area contributed by atoms with Crippen molar-refractivity contribution < 1.29 is 13.2 Å². The number of hydrogen-bond acceptors (Lipinski definition) is 4. The molecule has 0 unspecified atom stereocenters. The van der Waals surface area contributed by atoms with E-state index >= 15 is 0 Å². The van der Waals surface area contributed by atoms with Gasteiger partial charge in [-0.2, -0.15) is 0 Å². The molecule has 1 heterocycles. The summed E-state index contributed by atoms with van der Waals surface area (Å²) in [6.45, 7) is 0.377. The molecule has 116 valence electrons. The third-order valence-electron chi connectivity index (χ3n) is 3.63. The maximum atomic E-state index is 12.0. The Morgan fingerprint density at radius 1 is 1.33 bits per heavy atom. The van der Waals surface area contributed by atoms with E-state index in [1.165, 1.54) is 18.3 Å². The number of nitrogens with zero attached hydrogens (tertiary/aromatic N) is 1. The molecule has 0 spiro atoms. The van der Waals surface area contributed by atoms with Crippen molar-refractivity contribution in [3.8, 4) is 0 Å². The number of aromatic nitrogens is 1. The van der Waals surface area contributed by atoms with Gasteiger partial charge in [0.1, 0.15) is 0 Å². The van der Waals surface area contributed by atoms with Crippen molar-refractivity contribution in [3.05, 3.63) is 23.4 Å². The minimum absolute atomic E-state index is 0.0222. The summed E-state index contributed by atoms with van der Waals surface area (Å²) in [4.78, 5) is 15.6. The van der Waals surface area contributed by atoms with Crippen LogP contribution in [-0.2, 0) is 14.6 Å². The van der Waals surface area contributed by atoms with Gasteiger partial charge in [0.05, 0.1) is 10.8 Å². The lowest BCUT2D eigenvalue weighted by Gasteiger charge is -2.10. The molecule has 7 heteroatoms.